The first-order valence-electron chi connectivity index (χ1n) is 7.86. The van der Waals surface area contributed by atoms with Crippen LogP contribution in [0, 0.1) is 5.92 Å². The minimum absolute atomic E-state index is 0.107. The zero-order chi connectivity index (χ0) is 18.8. The monoisotopic (exact) mass is 370 g/mol. The van der Waals surface area contributed by atoms with Gasteiger partial charge in [-0.1, -0.05) is 0 Å². The third kappa shape index (κ3) is 3.93. The number of hydrogen-bond donors (Lipinski definition) is 2. The molecule has 1 fully saturated rings. The number of benzene rings is 1. The molecule has 1 aliphatic rings. The van der Waals surface area contributed by atoms with Crippen molar-refractivity contribution in [1.29, 1.82) is 0 Å². The zero-order valence-electron chi connectivity index (χ0n) is 14.4. The van der Waals surface area contributed by atoms with Gasteiger partial charge in [-0.15, -0.1) is 0 Å². The Balaban J connectivity index is 2.39. The molecule has 0 aromatic heterocycles. The van der Waals surface area contributed by atoms with Gasteiger partial charge in [0.25, 0.3) is 5.91 Å². The molecule has 9 heteroatoms. The van der Waals surface area contributed by atoms with Gasteiger partial charge < -0.3 is 14.7 Å². The Hall–Kier alpha value is -2.13. The zero-order valence-corrected chi connectivity index (χ0v) is 15.2. The van der Waals surface area contributed by atoms with Crippen LogP contribution in [0.15, 0.2) is 23.1 Å². The van der Waals surface area contributed by atoms with Crippen LogP contribution in [0.5, 0.6) is 5.75 Å². The third-order valence-electron chi connectivity index (χ3n) is 4.46. The molecule has 25 heavy (non-hydrogen) atoms. The molecule has 0 spiro atoms. The van der Waals surface area contributed by atoms with Crippen LogP contribution in [-0.2, 0) is 14.8 Å². The van der Waals surface area contributed by atoms with Gasteiger partial charge in [-0.3, -0.25) is 9.59 Å². The molecule has 1 saturated heterocycles. The van der Waals surface area contributed by atoms with Gasteiger partial charge in [0.1, 0.15) is 10.6 Å². The molecule has 0 aliphatic carbocycles. The van der Waals surface area contributed by atoms with Crippen molar-refractivity contribution in [3.8, 4) is 5.75 Å². The molecule has 1 aliphatic heterocycles. The lowest BCUT2D eigenvalue weighted by Crippen LogP contribution is -2.47. The number of likely N-dealkylation sites (tertiary alicyclic amines) is 1. The summed E-state index contributed by atoms with van der Waals surface area (Å²) >= 11 is 0. The summed E-state index contributed by atoms with van der Waals surface area (Å²) in [6.07, 6.45) is 1.10. The summed E-state index contributed by atoms with van der Waals surface area (Å²) in [6.45, 7) is 1.96. The maximum absolute atomic E-state index is 12.8. The van der Waals surface area contributed by atoms with Crippen molar-refractivity contribution in [2.75, 3.05) is 20.7 Å². The molecule has 0 radical (unpaired) electrons. The van der Waals surface area contributed by atoms with Gasteiger partial charge >= 0.3 is 5.97 Å². The van der Waals surface area contributed by atoms with Crippen LogP contribution in [0.2, 0.25) is 0 Å². The number of carboxylic acids is 1. The average molecular weight is 370 g/mol. The normalized spacial score (nSPS) is 21.0. The molecule has 0 bridgehead atoms. The van der Waals surface area contributed by atoms with Crippen LogP contribution in [0.4, 0.5) is 0 Å². The van der Waals surface area contributed by atoms with E-state index in [0.717, 1.165) is 0 Å². The molecule has 1 aromatic rings. The Morgan fingerprint density at radius 2 is 2.00 bits per heavy atom. The van der Waals surface area contributed by atoms with Gasteiger partial charge in [0, 0.05) is 18.2 Å². The molecule has 1 amide bonds. The minimum Gasteiger partial charge on any atom is -0.495 e. The largest absolute Gasteiger partial charge is 0.495 e. The van der Waals surface area contributed by atoms with Crippen LogP contribution >= 0.6 is 0 Å². The SMILES string of the molecule is CNS(=O)(=O)c1cc(C(=O)N2CC(C(=O)O)CCC2C)ccc1OC. The summed E-state index contributed by atoms with van der Waals surface area (Å²) in [5.74, 6) is -1.81. The lowest BCUT2D eigenvalue weighted by molar-refractivity contribution is -0.143. The number of amides is 1. The van der Waals surface area contributed by atoms with Crippen LogP contribution in [0.3, 0.4) is 0 Å². The predicted molar refractivity (Wildman–Crippen MR) is 90.1 cm³/mol. The summed E-state index contributed by atoms with van der Waals surface area (Å²) in [5, 5.41) is 9.20. The second kappa shape index (κ2) is 7.40. The number of methoxy groups -OCH3 is 1. The molecule has 2 atom stereocenters. The summed E-state index contributed by atoms with van der Waals surface area (Å²) in [7, 11) is -1.19. The van der Waals surface area contributed by atoms with Crippen molar-refractivity contribution in [2.45, 2.75) is 30.7 Å². The molecular weight excluding hydrogens is 348 g/mol. The van der Waals surface area contributed by atoms with Gasteiger partial charge in [-0.25, -0.2) is 13.1 Å². The molecule has 0 saturated carbocycles. The van der Waals surface area contributed by atoms with Crippen molar-refractivity contribution in [3.05, 3.63) is 23.8 Å². The number of carbonyl (C=O) groups is 2. The molecule has 2 N–H and O–H groups in total. The van der Waals surface area contributed by atoms with E-state index in [0.29, 0.717) is 12.8 Å². The Morgan fingerprint density at radius 3 is 2.56 bits per heavy atom. The van der Waals surface area contributed by atoms with E-state index in [-0.39, 0.29) is 28.8 Å². The van der Waals surface area contributed by atoms with E-state index in [1.807, 2.05) is 6.92 Å². The molecule has 1 heterocycles. The summed E-state index contributed by atoms with van der Waals surface area (Å²) in [5.41, 5.74) is 0.174. The average Bonchev–Trinajstić information content (AvgIpc) is 2.60. The van der Waals surface area contributed by atoms with Gasteiger partial charge in [0.15, 0.2) is 0 Å². The molecule has 8 nitrogen and oxygen atoms in total. The van der Waals surface area contributed by atoms with Crippen LogP contribution in [0.1, 0.15) is 30.1 Å². The first kappa shape index (κ1) is 19.2. The van der Waals surface area contributed by atoms with Gasteiger partial charge in [-0.2, -0.15) is 0 Å². The topological polar surface area (TPSA) is 113 Å². The summed E-state index contributed by atoms with van der Waals surface area (Å²) in [6, 6.07) is 4.03. The lowest BCUT2D eigenvalue weighted by Gasteiger charge is -2.36. The second-order valence-corrected chi connectivity index (χ2v) is 7.85. The first-order valence-corrected chi connectivity index (χ1v) is 9.35. The Labute approximate surface area is 146 Å². The van der Waals surface area contributed by atoms with Crippen molar-refractivity contribution in [3.63, 3.8) is 0 Å². The minimum atomic E-state index is -3.81. The van der Waals surface area contributed by atoms with E-state index in [1.165, 1.54) is 37.3 Å². The highest BCUT2D eigenvalue weighted by molar-refractivity contribution is 7.89. The fourth-order valence-corrected chi connectivity index (χ4v) is 3.81. The highest BCUT2D eigenvalue weighted by Gasteiger charge is 2.33. The van der Waals surface area contributed by atoms with Gasteiger partial charge in [-0.05, 0) is 45.0 Å². The number of ether oxygens (including phenoxy) is 1. The maximum atomic E-state index is 12.8. The van der Waals surface area contributed by atoms with Crippen molar-refractivity contribution < 1.29 is 27.9 Å². The highest BCUT2D eigenvalue weighted by atomic mass is 32.2. The molecule has 138 valence electrons. The fraction of sp³-hybridized carbons (Fsp3) is 0.500. The first-order chi connectivity index (χ1) is 11.7. The van der Waals surface area contributed by atoms with Crippen LogP contribution in [0.25, 0.3) is 0 Å². The highest BCUT2D eigenvalue weighted by Crippen LogP contribution is 2.28. The number of aliphatic carboxylic acids is 1. The van der Waals surface area contributed by atoms with Crippen LogP contribution < -0.4 is 9.46 Å². The summed E-state index contributed by atoms with van der Waals surface area (Å²) in [4.78, 5) is 25.4. The van der Waals surface area contributed by atoms with E-state index >= 15 is 0 Å². The Kier molecular flexibility index (Phi) is 5.69. The number of sulfonamides is 1. The van der Waals surface area contributed by atoms with Gasteiger partial charge in [0.05, 0.1) is 13.0 Å². The Bertz CT molecular complexity index is 777. The van der Waals surface area contributed by atoms with E-state index in [1.54, 1.807) is 0 Å². The number of nitrogens with zero attached hydrogens (tertiary/aromatic N) is 1. The van der Waals surface area contributed by atoms with Crippen molar-refractivity contribution >= 4 is 21.9 Å². The lowest BCUT2D eigenvalue weighted by atomic mass is 9.93. The summed E-state index contributed by atoms with van der Waals surface area (Å²) < 4.78 is 31.5. The number of hydrogen-bond acceptors (Lipinski definition) is 5. The maximum Gasteiger partial charge on any atom is 0.308 e. The quantitative estimate of drug-likeness (QED) is 0.797. The number of nitrogens with one attached hydrogen (secondary N) is 1. The van der Waals surface area contributed by atoms with E-state index < -0.39 is 27.8 Å². The molecule has 1 aromatic carbocycles. The Morgan fingerprint density at radius 1 is 1.32 bits per heavy atom. The number of rotatable bonds is 5. The predicted octanol–water partition coefficient (Wildman–Crippen LogP) is 0.929. The number of piperidine rings is 1. The number of carbonyl (C=O) groups excluding carboxylic acids is 1. The number of carboxylic acid groups (broad SMARTS) is 1. The van der Waals surface area contributed by atoms with Crippen molar-refractivity contribution in [1.82, 2.24) is 9.62 Å². The second-order valence-electron chi connectivity index (χ2n) is 5.99. The van der Waals surface area contributed by atoms with Gasteiger partial charge in [0.2, 0.25) is 10.0 Å². The van der Waals surface area contributed by atoms with E-state index in [9.17, 15) is 23.1 Å². The fourth-order valence-electron chi connectivity index (χ4n) is 2.89. The van der Waals surface area contributed by atoms with E-state index in [2.05, 4.69) is 4.72 Å². The standard InChI is InChI=1S/C16H22N2O6S/c1-10-4-5-12(16(20)21)9-18(10)15(19)11-6-7-13(24-3)14(8-11)25(22,23)17-2/h6-8,10,12,17H,4-5,9H2,1-3H3,(H,20,21). The van der Waals surface area contributed by atoms with Crippen molar-refractivity contribution in [2.24, 2.45) is 5.92 Å². The van der Waals surface area contributed by atoms with E-state index in [4.69, 9.17) is 4.74 Å². The molecule has 2 rings (SSSR count). The van der Waals surface area contributed by atoms with Crippen LogP contribution in [-0.4, -0.2) is 57.0 Å². The smallest absolute Gasteiger partial charge is 0.308 e. The molecule has 2 unspecified atom stereocenters. The third-order valence-corrected chi connectivity index (χ3v) is 5.90. The molecular formula is C16H22N2O6S.